The number of rotatable bonds is 6. The van der Waals surface area contributed by atoms with Gasteiger partial charge in [0.25, 0.3) is 0 Å². The highest BCUT2D eigenvalue weighted by molar-refractivity contribution is 5.79. The molecule has 5 nitrogen and oxygen atoms in total. The summed E-state index contributed by atoms with van der Waals surface area (Å²) < 4.78 is 5.19. The smallest absolute Gasteiger partial charge is 0.139 e. The van der Waals surface area contributed by atoms with E-state index in [2.05, 4.69) is 10.1 Å². The molecule has 0 aromatic carbocycles. The lowest BCUT2D eigenvalue weighted by atomic mass is 9.99. The molecule has 1 aliphatic heterocycles. The van der Waals surface area contributed by atoms with Crippen LogP contribution >= 0.6 is 0 Å². The minimum atomic E-state index is 0.324. The van der Waals surface area contributed by atoms with E-state index in [9.17, 15) is 0 Å². The van der Waals surface area contributed by atoms with Gasteiger partial charge in [0.1, 0.15) is 5.84 Å². The summed E-state index contributed by atoms with van der Waals surface area (Å²) in [5, 5.41) is 11.4. The highest BCUT2D eigenvalue weighted by Crippen LogP contribution is 2.16. The standard InChI is InChI=1S/C11H23N3O2/c1-16-9-10-4-2-6-14(8-10)7-3-5-11(12)13-15/h10,15H,2-9H2,1H3,(H2,12,13). The fourth-order valence-corrected chi connectivity index (χ4v) is 2.26. The van der Waals surface area contributed by atoms with E-state index in [1.54, 1.807) is 7.11 Å². The van der Waals surface area contributed by atoms with Gasteiger partial charge in [-0.2, -0.15) is 0 Å². The third kappa shape index (κ3) is 4.81. The van der Waals surface area contributed by atoms with Gasteiger partial charge in [0.05, 0.1) is 6.61 Å². The Labute approximate surface area is 97.2 Å². The van der Waals surface area contributed by atoms with Crippen LogP contribution in [0.5, 0.6) is 0 Å². The maximum absolute atomic E-state index is 8.42. The Balaban J connectivity index is 2.16. The van der Waals surface area contributed by atoms with Crippen LogP contribution in [-0.2, 0) is 4.74 Å². The van der Waals surface area contributed by atoms with Gasteiger partial charge in [-0.3, -0.25) is 0 Å². The highest BCUT2D eigenvalue weighted by Gasteiger charge is 2.19. The summed E-state index contributed by atoms with van der Waals surface area (Å²) in [6.45, 7) is 4.16. The molecule has 1 saturated heterocycles. The molecule has 1 aliphatic rings. The number of oxime groups is 1. The van der Waals surface area contributed by atoms with Crippen molar-refractivity contribution in [1.82, 2.24) is 4.90 Å². The van der Waals surface area contributed by atoms with Crippen molar-refractivity contribution in [2.45, 2.75) is 25.7 Å². The second-order valence-electron chi connectivity index (χ2n) is 4.46. The molecule has 0 amide bonds. The van der Waals surface area contributed by atoms with Crippen molar-refractivity contribution < 1.29 is 9.94 Å². The molecule has 1 rings (SSSR count). The molecule has 3 N–H and O–H groups in total. The van der Waals surface area contributed by atoms with Gasteiger partial charge >= 0.3 is 0 Å². The largest absolute Gasteiger partial charge is 0.409 e. The molecule has 16 heavy (non-hydrogen) atoms. The second kappa shape index (κ2) is 7.46. The van der Waals surface area contributed by atoms with Gasteiger partial charge in [0, 0.05) is 20.1 Å². The van der Waals surface area contributed by atoms with Gasteiger partial charge < -0.3 is 20.6 Å². The predicted molar refractivity (Wildman–Crippen MR) is 63.7 cm³/mol. The fourth-order valence-electron chi connectivity index (χ4n) is 2.26. The van der Waals surface area contributed by atoms with E-state index < -0.39 is 0 Å². The molecule has 0 saturated carbocycles. The molecule has 1 unspecified atom stereocenters. The lowest BCUT2D eigenvalue weighted by molar-refractivity contribution is 0.0904. The summed E-state index contributed by atoms with van der Waals surface area (Å²) in [4.78, 5) is 2.44. The Bertz CT molecular complexity index is 219. The Morgan fingerprint density at radius 3 is 3.12 bits per heavy atom. The van der Waals surface area contributed by atoms with E-state index >= 15 is 0 Å². The van der Waals surface area contributed by atoms with Crippen LogP contribution in [0.4, 0.5) is 0 Å². The predicted octanol–water partition coefficient (Wildman–Crippen LogP) is 0.871. The quantitative estimate of drug-likeness (QED) is 0.307. The number of nitrogens with two attached hydrogens (primary N) is 1. The maximum atomic E-state index is 8.42. The zero-order valence-electron chi connectivity index (χ0n) is 10.1. The van der Waals surface area contributed by atoms with Gasteiger partial charge in [-0.15, -0.1) is 0 Å². The van der Waals surface area contributed by atoms with Crippen molar-refractivity contribution in [3.8, 4) is 0 Å². The number of piperidine rings is 1. The minimum absolute atomic E-state index is 0.324. The zero-order valence-corrected chi connectivity index (χ0v) is 10.1. The summed E-state index contributed by atoms with van der Waals surface area (Å²) >= 11 is 0. The molecule has 0 aliphatic carbocycles. The van der Waals surface area contributed by atoms with Gasteiger partial charge in [-0.25, -0.2) is 0 Å². The van der Waals surface area contributed by atoms with Crippen molar-refractivity contribution >= 4 is 5.84 Å². The number of methoxy groups -OCH3 is 1. The third-order valence-electron chi connectivity index (χ3n) is 3.04. The molecule has 0 bridgehead atoms. The molecular weight excluding hydrogens is 206 g/mol. The topological polar surface area (TPSA) is 71.1 Å². The van der Waals surface area contributed by atoms with Crippen LogP contribution in [0.15, 0.2) is 5.16 Å². The number of ether oxygens (including phenoxy) is 1. The normalized spacial score (nSPS) is 23.6. The monoisotopic (exact) mass is 229 g/mol. The van der Waals surface area contributed by atoms with Crippen LogP contribution < -0.4 is 5.73 Å². The first kappa shape index (κ1) is 13.3. The van der Waals surface area contributed by atoms with Crippen LogP contribution in [-0.4, -0.2) is 49.3 Å². The Hall–Kier alpha value is -0.810. The van der Waals surface area contributed by atoms with Gasteiger partial charge in [0.15, 0.2) is 0 Å². The van der Waals surface area contributed by atoms with Crippen molar-refractivity contribution in [2.24, 2.45) is 16.8 Å². The summed E-state index contributed by atoms with van der Waals surface area (Å²) in [6, 6.07) is 0. The van der Waals surface area contributed by atoms with E-state index in [0.29, 0.717) is 18.2 Å². The molecule has 0 aromatic heterocycles. The van der Waals surface area contributed by atoms with Crippen LogP contribution in [0.1, 0.15) is 25.7 Å². The van der Waals surface area contributed by atoms with Crippen molar-refractivity contribution in [2.75, 3.05) is 33.4 Å². The molecule has 5 heteroatoms. The molecule has 1 fully saturated rings. The van der Waals surface area contributed by atoms with Crippen molar-refractivity contribution in [1.29, 1.82) is 0 Å². The summed E-state index contributed by atoms with van der Waals surface area (Å²) in [7, 11) is 1.76. The Kier molecular flexibility index (Phi) is 6.18. The van der Waals surface area contributed by atoms with Crippen LogP contribution in [0, 0.1) is 5.92 Å². The van der Waals surface area contributed by atoms with E-state index in [1.165, 1.54) is 12.8 Å². The SMILES string of the molecule is COCC1CCCN(CCCC(N)=NO)C1. The molecule has 0 radical (unpaired) electrons. The number of hydrogen-bond donors (Lipinski definition) is 2. The second-order valence-corrected chi connectivity index (χ2v) is 4.46. The Morgan fingerprint density at radius 2 is 2.44 bits per heavy atom. The first-order chi connectivity index (χ1) is 7.76. The van der Waals surface area contributed by atoms with Crippen molar-refractivity contribution in [3.05, 3.63) is 0 Å². The van der Waals surface area contributed by atoms with E-state index in [-0.39, 0.29) is 0 Å². The number of nitrogens with zero attached hydrogens (tertiary/aromatic N) is 2. The number of amidine groups is 1. The third-order valence-corrected chi connectivity index (χ3v) is 3.04. The first-order valence-electron chi connectivity index (χ1n) is 5.94. The number of hydrogen-bond acceptors (Lipinski definition) is 4. The summed E-state index contributed by atoms with van der Waals surface area (Å²) in [5.74, 6) is 0.994. The van der Waals surface area contributed by atoms with E-state index in [0.717, 1.165) is 32.7 Å². The van der Waals surface area contributed by atoms with E-state index in [4.69, 9.17) is 15.7 Å². The molecule has 0 spiro atoms. The minimum Gasteiger partial charge on any atom is -0.409 e. The van der Waals surface area contributed by atoms with Crippen molar-refractivity contribution in [3.63, 3.8) is 0 Å². The van der Waals surface area contributed by atoms with Crippen LogP contribution in [0.2, 0.25) is 0 Å². The molecule has 94 valence electrons. The summed E-state index contributed by atoms with van der Waals surface area (Å²) in [6.07, 6.45) is 4.14. The van der Waals surface area contributed by atoms with Crippen LogP contribution in [0.25, 0.3) is 0 Å². The molecule has 0 aromatic rings. The molecule has 1 atom stereocenters. The Morgan fingerprint density at radius 1 is 1.62 bits per heavy atom. The lowest BCUT2D eigenvalue weighted by Gasteiger charge is -2.32. The van der Waals surface area contributed by atoms with Gasteiger partial charge in [-0.05, 0) is 38.3 Å². The lowest BCUT2D eigenvalue weighted by Crippen LogP contribution is -2.37. The highest BCUT2D eigenvalue weighted by atomic mass is 16.5. The number of likely N-dealkylation sites (tertiary alicyclic amines) is 1. The zero-order chi connectivity index (χ0) is 11.8. The average Bonchev–Trinajstić information content (AvgIpc) is 2.30. The maximum Gasteiger partial charge on any atom is 0.139 e. The van der Waals surface area contributed by atoms with Gasteiger partial charge in [-0.1, -0.05) is 5.16 Å². The summed E-state index contributed by atoms with van der Waals surface area (Å²) in [5.41, 5.74) is 5.43. The molecular formula is C11H23N3O2. The molecule has 1 heterocycles. The van der Waals surface area contributed by atoms with E-state index in [1.807, 2.05) is 0 Å². The van der Waals surface area contributed by atoms with Gasteiger partial charge in [0.2, 0.25) is 0 Å². The first-order valence-corrected chi connectivity index (χ1v) is 5.94. The fraction of sp³-hybridized carbons (Fsp3) is 0.909. The average molecular weight is 229 g/mol. The van der Waals surface area contributed by atoms with Crippen LogP contribution in [0.3, 0.4) is 0 Å².